The number of likely N-dealkylation sites (N-methyl/N-ethyl adjacent to an activating group) is 1. The molecule has 1 saturated heterocycles. The van der Waals surface area contributed by atoms with Crippen LogP contribution in [-0.2, 0) is 0 Å². The third-order valence-electron chi connectivity index (χ3n) is 5.41. The number of unbranched alkanes of at least 4 members (excludes halogenated alkanes) is 1. The molecule has 6 heteroatoms. The molecule has 0 bridgehead atoms. The van der Waals surface area contributed by atoms with Crippen LogP contribution in [0.5, 0.6) is 0 Å². The van der Waals surface area contributed by atoms with E-state index in [4.69, 9.17) is 0 Å². The van der Waals surface area contributed by atoms with E-state index in [1.165, 1.54) is 51.3 Å². The largest absolute Gasteiger partial charge is 0.372 e. The first kappa shape index (κ1) is 22.5. The lowest BCUT2D eigenvalue weighted by Crippen LogP contribution is -2.44. The molecule has 0 aliphatic carbocycles. The maximum absolute atomic E-state index is 4.34. The van der Waals surface area contributed by atoms with Crippen molar-refractivity contribution < 1.29 is 0 Å². The Morgan fingerprint density at radius 2 is 1.68 bits per heavy atom. The van der Waals surface area contributed by atoms with E-state index in [0.717, 1.165) is 38.6 Å². The quantitative estimate of drug-likeness (QED) is 0.345. The van der Waals surface area contributed by atoms with Crippen molar-refractivity contribution in [3.8, 4) is 0 Å². The van der Waals surface area contributed by atoms with E-state index in [2.05, 4.69) is 74.6 Å². The van der Waals surface area contributed by atoms with Gasteiger partial charge in [0.2, 0.25) is 0 Å². The summed E-state index contributed by atoms with van der Waals surface area (Å²) in [5, 5.41) is 6.89. The van der Waals surface area contributed by atoms with Crippen LogP contribution >= 0.6 is 0 Å². The van der Waals surface area contributed by atoms with Gasteiger partial charge in [-0.3, -0.25) is 4.99 Å². The maximum atomic E-state index is 4.34. The maximum Gasteiger partial charge on any atom is 0.190 e. The number of nitrogens with one attached hydrogen (secondary N) is 2. The summed E-state index contributed by atoms with van der Waals surface area (Å²) in [6.45, 7) is 12.3. The van der Waals surface area contributed by atoms with Crippen LogP contribution in [0.15, 0.2) is 35.3 Å². The minimum atomic E-state index is 0.919. The molecule has 1 aromatic rings. The molecule has 0 aromatic heterocycles. The molecular weight excluding hydrogens is 348 g/mol. The normalized spacial score (nSPS) is 16.2. The minimum Gasteiger partial charge on any atom is -0.372 e. The lowest BCUT2D eigenvalue weighted by molar-refractivity contribution is 0.152. The van der Waals surface area contributed by atoms with Crippen LogP contribution in [0, 0.1) is 0 Å². The molecule has 1 heterocycles. The number of anilines is 1. The van der Waals surface area contributed by atoms with Crippen LogP contribution in [0.2, 0.25) is 0 Å². The van der Waals surface area contributed by atoms with E-state index in [9.17, 15) is 0 Å². The molecule has 1 fully saturated rings. The highest BCUT2D eigenvalue weighted by atomic mass is 15.2. The van der Waals surface area contributed by atoms with E-state index in [-0.39, 0.29) is 0 Å². The summed E-state index contributed by atoms with van der Waals surface area (Å²) in [5.41, 5.74) is 1.30. The summed E-state index contributed by atoms with van der Waals surface area (Å²) in [7, 11) is 4.06. The van der Waals surface area contributed by atoms with Crippen LogP contribution in [-0.4, -0.2) is 88.8 Å². The average molecular weight is 389 g/mol. The molecule has 158 valence electrons. The predicted molar refractivity (Wildman–Crippen MR) is 121 cm³/mol. The van der Waals surface area contributed by atoms with Crippen LogP contribution in [0.25, 0.3) is 0 Å². The van der Waals surface area contributed by atoms with Gasteiger partial charge in [-0.25, -0.2) is 0 Å². The van der Waals surface area contributed by atoms with Gasteiger partial charge in [-0.1, -0.05) is 18.2 Å². The summed E-state index contributed by atoms with van der Waals surface area (Å²) in [5.74, 6) is 0.919. The SMILES string of the molecule is CCN(CCCNC(=NC)NCCCCN1CCN(C)CC1)c1ccccc1. The number of nitrogens with zero attached hydrogens (tertiary/aromatic N) is 4. The first-order chi connectivity index (χ1) is 13.7. The molecule has 0 saturated carbocycles. The fraction of sp³-hybridized carbons (Fsp3) is 0.682. The van der Waals surface area contributed by atoms with Gasteiger partial charge in [0, 0.05) is 65.1 Å². The Morgan fingerprint density at radius 1 is 1.00 bits per heavy atom. The number of hydrogen-bond acceptors (Lipinski definition) is 4. The molecule has 0 radical (unpaired) electrons. The van der Waals surface area contributed by atoms with E-state index in [0.29, 0.717) is 0 Å². The Kier molecular flexibility index (Phi) is 10.8. The topological polar surface area (TPSA) is 46.1 Å². The molecular formula is C22H40N6. The Labute approximate surface area is 172 Å². The summed E-state index contributed by atoms with van der Waals surface area (Å²) in [4.78, 5) is 11.7. The zero-order chi connectivity index (χ0) is 20.0. The highest BCUT2D eigenvalue weighted by Crippen LogP contribution is 2.12. The van der Waals surface area contributed by atoms with E-state index in [1.54, 1.807) is 0 Å². The fourth-order valence-corrected chi connectivity index (χ4v) is 3.54. The van der Waals surface area contributed by atoms with Gasteiger partial charge in [-0.15, -0.1) is 0 Å². The zero-order valence-electron chi connectivity index (χ0n) is 18.2. The lowest BCUT2D eigenvalue weighted by Gasteiger charge is -2.32. The second-order valence-electron chi connectivity index (χ2n) is 7.55. The molecule has 6 nitrogen and oxygen atoms in total. The van der Waals surface area contributed by atoms with Crippen molar-refractivity contribution in [2.24, 2.45) is 4.99 Å². The zero-order valence-corrected chi connectivity index (χ0v) is 18.2. The van der Waals surface area contributed by atoms with Gasteiger partial charge < -0.3 is 25.3 Å². The number of benzene rings is 1. The summed E-state index contributed by atoms with van der Waals surface area (Å²) in [6, 6.07) is 10.6. The van der Waals surface area contributed by atoms with Gasteiger partial charge in [-0.2, -0.15) is 0 Å². The minimum absolute atomic E-state index is 0.919. The van der Waals surface area contributed by atoms with Gasteiger partial charge in [0.05, 0.1) is 0 Å². The highest BCUT2D eigenvalue weighted by molar-refractivity contribution is 5.79. The lowest BCUT2D eigenvalue weighted by atomic mass is 10.2. The van der Waals surface area contributed by atoms with Gasteiger partial charge in [0.15, 0.2) is 5.96 Å². The van der Waals surface area contributed by atoms with E-state index >= 15 is 0 Å². The van der Waals surface area contributed by atoms with Crippen molar-refractivity contribution in [3.05, 3.63) is 30.3 Å². The first-order valence-corrected chi connectivity index (χ1v) is 10.9. The van der Waals surface area contributed by atoms with Crippen molar-refractivity contribution in [2.75, 3.05) is 77.9 Å². The van der Waals surface area contributed by atoms with Crippen molar-refractivity contribution in [1.82, 2.24) is 20.4 Å². The molecule has 0 spiro atoms. The number of piperazine rings is 1. The Balaban J connectivity index is 1.52. The van der Waals surface area contributed by atoms with Crippen molar-refractivity contribution in [3.63, 3.8) is 0 Å². The summed E-state index contributed by atoms with van der Waals surface area (Å²) in [6.07, 6.45) is 3.52. The molecule has 0 unspecified atom stereocenters. The average Bonchev–Trinajstić information content (AvgIpc) is 2.74. The second kappa shape index (κ2) is 13.4. The molecule has 2 rings (SSSR count). The van der Waals surface area contributed by atoms with E-state index < -0.39 is 0 Å². The standard InChI is InChI=1S/C22H40N6/c1-4-28(21-11-6-5-7-12-21)16-10-14-25-22(23-2)24-13-8-9-15-27-19-17-26(3)18-20-27/h5-7,11-12H,4,8-10,13-20H2,1-3H3,(H2,23,24,25). The smallest absolute Gasteiger partial charge is 0.190 e. The fourth-order valence-electron chi connectivity index (χ4n) is 3.54. The van der Waals surface area contributed by atoms with Crippen LogP contribution < -0.4 is 15.5 Å². The number of aliphatic imine (C=N–C) groups is 1. The molecule has 1 aromatic carbocycles. The number of hydrogen-bond donors (Lipinski definition) is 2. The molecule has 28 heavy (non-hydrogen) atoms. The molecule has 2 N–H and O–H groups in total. The summed E-state index contributed by atoms with van der Waals surface area (Å²) >= 11 is 0. The first-order valence-electron chi connectivity index (χ1n) is 10.9. The van der Waals surface area contributed by atoms with Gasteiger partial charge >= 0.3 is 0 Å². The van der Waals surface area contributed by atoms with E-state index in [1.807, 2.05) is 7.05 Å². The van der Waals surface area contributed by atoms with Crippen molar-refractivity contribution >= 4 is 11.6 Å². The molecule has 0 atom stereocenters. The molecule has 1 aliphatic rings. The number of para-hydroxylation sites is 1. The van der Waals surface area contributed by atoms with Gasteiger partial charge in [0.25, 0.3) is 0 Å². The third kappa shape index (κ3) is 8.48. The molecule has 0 amide bonds. The Hall–Kier alpha value is -1.79. The van der Waals surface area contributed by atoms with Gasteiger partial charge in [-0.05, 0) is 51.9 Å². The third-order valence-corrected chi connectivity index (χ3v) is 5.41. The highest BCUT2D eigenvalue weighted by Gasteiger charge is 2.12. The van der Waals surface area contributed by atoms with Crippen molar-refractivity contribution in [1.29, 1.82) is 0 Å². The second-order valence-corrected chi connectivity index (χ2v) is 7.55. The Bertz CT molecular complexity index is 539. The monoisotopic (exact) mass is 388 g/mol. The van der Waals surface area contributed by atoms with Crippen molar-refractivity contribution in [2.45, 2.75) is 26.2 Å². The van der Waals surface area contributed by atoms with Gasteiger partial charge in [0.1, 0.15) is 0 Å². The molecule has 1 aliphatic heterocycles. The number of guanidine groups is 1. The number of rotatable bonds is 11. The predicted octanol–water partition coefficient (Wildman–Crippen LogP) is 2.10. The van der Waals surface area contributed by atoms with Crippen LogP contribution in [0.4, 0.5) is 5.69 Å². The Morgan fingerprint density at radius 3 is 2.32 bits per heavy atom. The summed E-state index contributed by atoms with van der Waals surface area (Å²) < 4.78 is 0. The van der Waals surface area contributed by atoms with Crippen LogP contribution in [0.1, 0.15) is 26.2 Å². The van der Waals surface area contributed by atoms with Crippen LogP contribution in [0.3, 0.4) is 0 Å².